The number of rotatable bonds is 6. The fourth-order valence-corrected chi connectivity index (χ4v) is 4.74. The average Bonchev–Trinajstić information content (AvgIpc) is 3.39. The van der Waals surface area contributed by atoms with E-state index in [9.17, 15) is 13.6 Å². The van der Waals surface area contributed by atoms with Crippen LogP contribution >= 0.6 is 0 Å². The van der Waals surface area contributed by atoms with Gasteiger partial charge in [0.2, 0.25) is 5.92 Å². The molecule has 32 heavy (non-hydrogen) atoms. The highest BCUT2D eigenvalue weighted by molar-refractivity contribution is 5.92. The molecule has 9 heteroatoms. The van der Waals surface area contributed by atoms with E-state index in [0.717, 1.165) is 29.4 Å². The van der Waals surface area contributed by atoms with Crippen LogP contribution in [0.3, 0.4) is 0 Å². The summed E-state index contributed by atoms with van der Waals surface area (Å²) in [5, 5.41) is 7.09. The van der Waals surface area contributed by atoms with Crippen molar-refractivity contribution in [2.75, 3.05) is 0 Å². The van der Waals surface area contributed by atoms with Crippen LogP contribution in [-0.2, 0) is 7.05 Å². The first-order valence-electron chi connectivity index (χ1n) is 11.2. The molecular weight excluding hydrogens is 414 g/mol. The summed E-state index contributed by atoms with van der Waals surface area (Å²) in [5.41, 5.74) is 9.43. The van der Waals surface area contributed by atoms with Crippen molar-refractivity contribution in [3.63, 3.8) is 0 Å². The van der Waals surface area contributed by atoms with Crippen LogP contribution in [-0.4, -0.2) is 31.6 Å². The maximum atomic E-state index is 13.8. The molecule has 1 aromatic carbocycles. The van der Waals surface area contributed by atoms with E-state index in [0.29, 0.717) is 30.3 Å². The molecule has 2 aliphatic carbocycles. The molecule has 0 radical (unpaired) electrons. The lowest BCUT2D eigenvalue weighted by molar-refractivity contribution is -0.0496. The first kappa shape index (κ1) is 21.1. The van der Waals surface area contributed by atoms with Gasteiger partial charge < -0.3 is 16.0 Å². The lowest BCUT2D eigenvalue weighted by atomic mass is 9.81. The van der Waals surface area contributed by atoms with Crippen molar-refractivity contribution in [1.82, 2.24) is 25.1 Å². The summed E-state index contributed by atoms with van der Waals surface area (Å²) < 4.78 is 29.1. The fraction of sp³-hybridized carbons (Fsp3) is 0.522. The Morgan fingerprint density at radius 1 is 1.22 bits per heavy atom. The predicted molar refractivity (Wildman–Crippen MR) is 116 cm³/mol. The first-order chi connectivity index (χ1) is 15.3. The topological polar surface area (TPSA) is 102 Å². The third-order valence-electron chi connectivity index (χ3n) is 6.91. The molecule has 1 amide bonds. The molecule has 2 saturated carbocycles. The predicted octanol–water partition coefficient (Wildman–Crippen LogP) is 4.00. The summed E-state index contributed by atoms with van der Waals surface area (Å²) in [5.74, 6) is -1.97. The van der Waals surface area contributed by atoms with Crippen molar-refractivity contribution in [2.45, 2.75) is 56.5 Å². The van der Waals surface area contributed by atoms with Crippen LogP contribution < -0.4 is 11.1 Å². The van der Waals surface area contributed by atoms with Gasteiger partial charge in [0.15, 0.2) is 0 Å². The Morgan fingerprint density at radius 2 is 1.97 bits per heavy atom. The zero-order valence-corrected chi connectivity index (χ0v) is 18.0. The molecule has 2 fully saturated rings. The fourth-order valence-electron chi connectivity index (χ4n) is 4.74. The summed E-state index contributed by atoms with van der Waals surface area (Å²) >= 11 is 0. The van der Waals surface area contributed by atoms with Crippen LogP contribution in [0.25, 0.3) is 11.0 Å². The van der Waals surface area contributed by atoms with Gasteiger partial charge in [-0.2, -0.15) is 5.10 Å². The van der Waals surface area contributed by atoms with Crippen LogP contribution in [0.5, 0.6) is 0 Å². The van der Waals surface area contributed by atoms with E-state index in [2.05, 4.69) is 15.4 Å². The van der Waals surface area contributed by atoms with Crippen molar-refractivity contribution in [1.29, 1.82) is 0 Å². The molecule has 2 aliphatic rings. The zero-order valence-electron chi connectivity index (χ0n) is 18.0. The number of carbonyl (C=O) groups excluding carboxylic acids is 1. The van der Waals surface area contributed by atoms with Gasteiger partial charge in [-0.15, -0.1) is 0 Å². The molecule has 0 aliphatic heterocycles. The number of halogens is 2. The number of amides is 1. The summed E-state index contributed by atoms with van der Waals surface area (Å²) in [6, 6.07) is 7.09. The van der Waals surface area contributed by atoms with E-state index in [4.69, 9.17) is 10.7 Å². The van der Waals surface area contributed by atoms with Gasteiger partial charge in [-0.25, -0.2) is 13.8 Å². The number of nitrogens with one attached hydrogen (secondary N) is 2. The number of benzene rings is 1. The lowest BCUT2D eigenvalue weighted by Gasteiger charge is -2.33. The average molecular weight is 443 g/mol. The number of hydrogen-bond donors (Lipinski definition) is 3. The second-order valence-corrected chi connectivity index (χ2v) is 9.25. The molecule has 0 saturated heterocycles. The van der Waals surface area contributed by atoms with Gasteiger partial charge in [0.05, 0.1) is 17.1 Å². The minimum Gasteiger partial charge on any atom is -0.340 e. The Hall–Kier alpha value is -2.81. The largest absolute Gasteiger partial charge is 0.340 e. The van der Waals surface area contributed by atoms with E-state index in [1.807, 2.05) is 18.2 Å². The number of nitrogens with zero attached hydrogens (tertiary/aromatic N) is 3. The molecule has 0 bridgehead atoms. The highest BCUT2D eigenvalue weighted by Crippen LogP contribution is 2.42. The van der Waals surface area contributed by atoms with Crippen molar-refractivity contribution >= 4 is 16.9 Å². The molecule has 2 unspecified atom stereocenters. The Bertz CT molecular complexity index is 1120. The number of hydrogen-bond acceptors (Lipinski definition) is 4. The van der Waals surface area contributed by atoms with Crippen molar-refractivity contribution in [2.24, 2.45) is 24.6 Å². The van der Waals surface area contributed by atoms with Crippen LogP contribution in [0.15, 0.2) is 30.5 Å². The number of aromatic nitrogens is 4. The van der Waals surface area contributed by atoms with Gasteiger partial charge in [0, 0.05) is 32.1 Å². The maximum absolute atomic E-state index is 13.8. The number of aromatic amines is 1. The van der Waals surface area contributed by atoms with Crippen molar-refractivity contribution in [3.05, 3.63) is 47.5 Å². The monoisotopic (exact) mass is 442 g/mol. The van der Waals surface area contributed by atoms with E-state index >= 15 is 0 Å². The minimum absolute atomic E-state index is 0.000432. The summed E-state index contributed by atoms with van der Waals surface area (Å²) in [6.45, 7) is 0. The Kier molecular flexibility index (Phi) is 5.23. The molecule has 7 nitrogen and oxygen atoms in total. The van der Waals surface area contributed by atoms with Crippen LogP contribution in [0.4, 0.5) is 8.78 Å². The van der Waals surface area contributed by atoms with Crippen molar-refractivity contribution < 1.29 is 13.6 Å². The molecule has 2 aromatic heterocycles. The number of H-pyrrole nitrogens is 1. The van der Waals surface area contributed by atoms with Gasteiger partial charge in [-0.05, 0) is 61.3 Å². The maximum Gasteiger partial charge on any atom is 0.270 e. The van der Waals surface area contributed by atoms with E-state index < -0.39 is 12.0 Å². The first-order valence-corrected chi connectivity index (χ1v) is 11.2. The van der Waals surface area contributed by atoms with Crippen molar-refractivity contribution in [3.8, 4) is 0 Å². The summed E-state index contributed by atoms with van der Waals surface area (Å²) in [7, 11) is 1.69. The zero-order chi connectivity index (χ0) is 22.5. The van der Waals surface area contributed by atoms with E-state index in [1.54, 1.807) is 19.3 Å². The lowest BCUT2D eigenvalue weighted by Crippen LogP contribution is -2.38. The molecule has 2 heterocycles. The number of imidazole rings is 1. The molecule has 0 spiro atoms. The number of nitrogens with two attached hydrogens (primary N) is 1. The Labute approximate surface area is 184 Å². The molecule has 3 aromatic rings. The molecule has 2 atom stereocenters. The molecular formula is C23H28F2N6O. The SMILES string of the molecule is Cn1nccc1C(=O)NC(c1nc2cc(C(N)C3CC3)ccc2[nH]1)C1CCC(F)(F)CC1. The highest BCUT2D eigenvalue weighted by Gasteiger charge is 2.39. The smallest absolute Gasteiger partial charge is 0.270 e. The molecule has 4 N–H and O–H groups in total. The van der Waals surface area contributed by atoms with Gasteiger partial charge >= 0.3 is 0 Å². The van der Waals surface area contributed by atoms with Gasteiger partial charge in [0.25, 0.3) is 5.91 Å². The Morgan fingerprint density at radius 3 is 2.62 bits per heavy atom. The second-order valence-electron chi connectivity index (χ2n) is 9.25. The quantitative estimate of drug-likeness (QED) is 0.537. The number of alkyl halides is 2. The Balaban J connectivity index is 1.45. The number of aryl methyl sites for hydroxylation is 1. The minimum atomic E-state index is -2.64. The normalized spacial score (nSPS) is 20.9. The third-order valence-corrected chi connectivity index (χ3v) is 6.91. The van der Waals surface area contributed by atoms with Crippen LogP contribution in [0, 0.1) is 11.8 Å². The van der Waals surface area contributed by atoms with Gasteiger partial charge in [0.1, 0.15) is 11.5 Å². The molecule has 5 rings (SSSR count). The standard InChI is InChI=1S/C23H28F2N6O/c1-31-18(8-11-27-31)22(32)30-20(14-6-9-23(24,25)10-7-14)21-28-16-5-4-15(12-17(16)29-21)19(26)13-2-3-13/h4-5,8,11-14,19-20H,2-3,6-7,9-10,26H2,1H3,(H,28,29)(H,30,32). The van der Waals surface area contributed by atoms with E-state index in [-0.39, 0.29) is 30.7 Å². The second kappa shape index (κ2) is 7.95. The van der Waals surface area contributed by atoms with Crippen LogP contribution in [0.2, 0.25) is 0 Å². The summed E-state index contributed by atoms with van der Waals surface area (Å²) in [6.07, 6.45) is 4.12. The van der Waals surface area contributed by atoms with Gasteiger partial charge in [-0.1, -0.05) is 6.07 Å². The number of fused-ring (bicyclic) bond motifs is 1. The highest BCUT2D eigenvalue weighted by atomic mass is 19.3. The van der Waals surface area contributed by atoms with E-state index in [1.165, 1.54) is 4.68 Å². The van der Waals surface area contributed by atoms with Gasteiger partial charge in [-0.3, -0.25) is 9.48 Å². The summed E-state index contributed by atoms with van der Waals surface area (Å²) in [4.78, 5) is 21.0. The van der Waals surface area contributed by atoms with Crippen LogP contribution in [0.1, 0.15) is 72.5 Å². The number of carbonyl (C=O) groups is 1. The molecule has 170 valence electrons. The third kappa shape index (κ3) is 4.13.